The molecular weight excluding hydrogens is 354 g/mol. The number of carbonyl (C=O) groups is 2. The van der Waals surface area contributed by atoms with Gasteiger partial charge in [0.1, 0.15) is 0 Å². The zero-order valence-electron chi connectivity index (χ0n) is 14.8. The van der Waals surface area contributed by atoms with Crippen molar-refractivity contribution < 1.29 is 19.1 Å². The van der Waals surface area contributed by atoms with E-state index in [0.717, 1.165) is 17.3 Å². The molecule has 0 amide bonds. The van der Waals surface area contributed by atoms with Crippen LogP contribution in [0.5, 0.6) is 0 Å². The second-order valence-electron chi connectivity index (χ2n) is 5.07. The van der Waals surface area contributed by atoms with Crippen molar-refractivity contribution in [1.29, 1.82) is 0 Å². The molecule has 1 aromatic carbocycles. The van der Waals surface area contributed by atoms with Gasteiger partial charge in [-0.25, -0.2) is 0 Å². The lowest BCUT2D eigenvalue weighted by atomic mass is 10.2. The minimum Gasteiger partial charge on any atom is -0.465 e. The number of carbonyl (C=O) groups excluding carboxylic acids is 2. The van der Waals surface area contributed by atoms with Crippen molar-refractivity contribution in [2.24, 2.45) is 0 Å². The van der Waals surface area contributed by atoms with E-state index in [4.69, 9.17) is 9.47 Å². The topological polar surface area (TPSA) is 83.3 Å². The predicted octanol–water partition coefficient (Wildman–Crippen LogP) is 2.72. The third kappa shape index (κ3) is 4.72. The third-order valence-corrected chi connectivity index (χ3v) is 4.42. The summed E-state index contributed by atoms with van der Waals surface area (Å²) in [6.07, 6.45) is 1.70. The minimum absolute atomic E-state index is 0.171. The average molecular weight is 375 g/mol. The molecule has 26 heavy (non-hydrogen) atoms. The monoisotopic (exact) mass is 375 g/mol. The predicted molar refractivity (Wildman–Crippen MR) is 98.6 cm³/mol. The van der Waals surface area contributed by atoms with Gasteiger partial charge in [-0.1, -0.05) is 48.2 Å². The Balaban J connectivity index is 2.36. The van der Waals surface area contributed by atoms with Gasteiger partial charge in [0.15, 0.2) is 11.0 Å². The van der Waals surface area contributed by atoms with Gasteiger partial charge < -0.3 is 9.47 Å². The quantitative estimate of drug-likeness (QED) is 0.288. The summed E-state index contributed by atoms with van der Waals surface area (Å²) >= 11 is 0.959. The van der Waals surface area contributed by atoms with Gasteiger partial charge >= 0.3 is 11.9 Å². The van der Waals surface area contributed by atoms with Crippen LogP contribution in [0.2, 0.25) is 0 Å². The van der Waals surface area contributed by atoms with E-state index in [2.05, 4.69) is 16.8 Å². The van der Waals surface area contributed by atoms with Gasteiger partial charge in [-0.05, 0) is 13.8 Å². The van der Waals surface area contributed by atoms with Crippen molar-refractivity contribution >= 4 is 23.7 Å². The normalized spacial score (nSPS) is 10.6. The number of allylic oxidation sites excluding steroid dienone is 1. The van der Waals surface area contributed by atoms with Gasteiger partial charge in [-0.2, -0.15) is 0 Å². The minimum atomic E-state index is -1.16. The van der Waals surface area contributed by atoms with E-state index in [0.29, 0.717) is 17.5 Å². The van der Waals surface area contributed by atoms with Gasteiger partial charge in [0.25, 0.3) is 0 Å². The maximum atomic E-state index is 12.2. The number of esters is 2. The molecule has 0 unspecified atom stereocenters. The summed E-state index contributed by atoms with van der Waals surface area (Å²) in [7, 11) is 0. The smallest absolute Gasteiger partial charge is 0.331 e. The first kappa shape index (κ1) is 19.7. The molecule has 0 saturated heterocycles. The zero-order valence-corrected chi connectivity index (χ0v) is 15.6. The zero-order chi connectivity index (χ0) is 18.9. The molecule has 0 atom stereocenters. The maximum Gasteiger partial charge on any atom is 0.331 e. The first-order valence-corrected chi connectivity index (χ1v) is 9.09. The molecule has 0 aliphatic rings. The molecule has 1 aromatic heterocycles. The molecule has 0 spiro atoms. The van der Waals surface area contributed by atoms with E-state index in [1.165, 1.54) is 0 Å². The van der Waals surface area contributed by atoms with Crippen LogP contribution in [0, 0.1) is 0 Å². The second-order valence-corrected chi connectivity index (χ2v) is 6.15. The summed E-state index contributed by atoms with van der Waals surface area (Å²) < 4.78 is 11.8. The molecule has 2 aromatic rings. The van der Waals surface area contributed by atoms with Crippen LogP contribution in [0.3, 0.4) is 0 Å². The van der Waals surface area contributed by atoms with Crippen LogP contribution in [0.4, 0.5) is 0 Å². The van der Waals surface area contributed by atoms with Crippen LogP contribution in [0.1, 0.15) is 13.8 Å². The highest BCUT2D eigenvalue weighted by Crippen LogP contribution is 2.28. The fraction of sp³-hybridized carbons (Fsp3) is 0.333. The van der Waals surface area contributed by atoms with Crippen LogP contribution in [-0.2, 0) is 25.6 Å². The lowest BCUT2D eigenvalue weighted by Crippen LogP contribution is -2.31. The molecule has 7 nitrogen and oxygen atoms in total. The summed E-state index contributed by atoms with van der Waals surface area (Å²) in [6, 6.07) is 9.52. The summed E-state index contributed by atoms with van der Waals surface area (Å²) in [5.41, 5.74) is 0.873. The van der Waals surface area contributed by atoms with Gasteiger partial charge in [-0.15, -0.1) is 16.8 Å². The summed E-state index contributed by atoms with van der Waals surface area (Å²) in [5.74, 6) is -0.699. The highest BCUT2D eigenvalue weighted by molar-refractivity contribution is 8.01. The van der Waals surface area contributed by atoms with E-state index in [1.807, 2.05) is 30.3 Å². The Morgan fingerprint density at radius 2 is 1.77 bits per heavy atom. The van der Waals surface area contributed by atoms with Crippen molar-refractivity contribution in [3.8, 4) is 11.4 Å². The highest BCUT2D eigenvalue weighted by atomic mass is 32.2. The number of rotatable bonds is 9. The van der Waals surface area contributed by atoms with E-state index in [1.54, 1.807) is 24.5 Å². The third-order valence-electron chi connectivity index (χ3n) is 3.29. The molecule has 8 heteroatoms. The Kier molecular flexibility index (Phi) is 7.40. The SMILES string of the molecule is C=CCn1c(SC(C(=O)OCC)C(=O)OCC)nnc1-c1ccccc1. The largest absolute Gasteiger partial charge is 0.465 e. The Hall–Kier alpha value is -2.61. The Bertz CT molecular complexity index is 743. The fourth-order valence-corrected chi connectivity index (χ4v) is 3.12. The number of hydrogen-bond acceptors (Lipinski definition) is 7. The molecular formula is C18H21N3O4S. The first-order chi connectivity index (χ1) is 12.6. The Labute approximate surface area is 156 Å². The van der Waals surface area contributed by atoms with E-state index in [-0.39, 0.29) is 13.2 Å². The molecule has 138 valence electrons. The van der Waals surface area contributed by atoms with Crippen LogP contribution >= 0.6 is 11.8 Å². The second kappa shape index (κ2) is 9.76. The average Bonchev–Trinajstić information content (AvgIpc) is 3.03. The van der Waals surface area contributed by atoms with Crippen molar-refractivity contribution in [2.45, 2.75) is 30.8 Å². The molecule has 0 bridgehead atoms. The van der Waals surface area contributed by atoms with E-state index < -0.39 is 17.2 Å². The number of nitrogens with zero attached hydrogens (tertiary/aromatic N) is 3. The summed E-state index contributed by atoms with van der Waals surface area (Å²) in [5, 5.41) is 7.61. The van der Waals surface area contributed by atoms with Crippen LogP contribution in [-0.4, -0.2) is 45.2 Å². The summed E-state index contributed by atoms with van der Waals surface area (Å²) in [6.45, 7) is 7.88. The standard InChI is InChI=1S/C18H21N3O4S/c1-4-12-21-15(13-10-8-7-9-11-13)19-20-18(21)26-14(16(22)24-5-2)17(23)25-6-3/h4,7-11,14H,1,5-6,12H2,2-3H3. The molecule has 1 heterocycles. The number of thioether (sulfide) groups is 1. The van der Waals surface area contributed by atoms with E-state index >= 15 is 0 Å². The molecule has 0 radical (unpaired) electrons. The highest BCUT2D eigenvalue weighted by Gasteiger charge is 2.33. The molecule has 0 aliphatic heterocycles. The van der Waals surface area contributed by atoms with Crippen molar-refractivity contribution in [1.82, 2.24) is 14.8 Å². The van der Waals surface area contributed by atoms with Crippen LogP contribution < -0.4 is 0 Å². The number of benzene rings is 1. The van der Waals surface area contributed by atoms with Crippen molar-refractivity contribution in [2.75, 3.05) is 13.2 Å². The van der Waals surface area contributed by atoms with Crippen LogP contribution in [0.15, 0.2) is 48.1 Å². The Morgan fingerprint density at radius 1 is 1.15 bits per heavy atom. The lowest BCUT2D eigenvalue weighted by molar-refractivity contribution is -0.152. The fourth-order valence-electron chi connectivity index (χ4n) is 2.20. The molecule has 0 aliphatic carbocycles. The Morgan fingerprint density at radius 3 is 2.31 bits per heavy atom. The van der Waals surface area contributed by atoms with Crippen LogP contribution in [0.25, 0.3) is 11.4 Å². The molecule has 0 N–H and O–H groups in total. The van der Waals surface area contributed by atoms with Gasteiger partial charge in [0.05, 0.1) is 13.2 Å². The maximum absolute atomic E-state index is 12.2. The molecule has 2 rings (SSSR count). The van der Waals surface area contributed by atoms with Crippen molar-refractivity contribution in [3.63, 3.8) is 0 Å². The number of ether oxygens (including phenoxy) is 2. The number of aromatic nitrogens is 3. The van der Waals surface area contributed by atoms with Gasteiger partial charge in [-0.3, -0.25) is 14.2 Å². The van der Waals surface area contributed by atoms with Crippen molar-refractivity contribution in [3.05, 3.63) is 43.0 Å². The lowest BCUT2D eigenvalue weighted by Gasteiger charge is -2.14. The summed E-state index contributed by atoms with van der Waals surface area (Å²) in [4.78, 5) is 24.4. The van der Waals surface area contributed by atoms with Gasteiger partial charge in [0, 0.05) is 12.1 Å². The van der Waals surface area contributed by atoms with E-state index in [9.17, 15) is 9.59 Å². The number of hydrogen-bond donors (Lipinski definition) is 0. The van der Waals surface area contributed by atoms with Gasteiger partial charge in [0.2, 0.25) is 5.25 Å². The molecule has 0 fully saturated rings. The first-order valence-electron chi connectivity index (χ1n) is 8.21. The molecule has 0 saturated carbocycles.